The number of allylic oxidation sites excluding steroid dienone is 2. The van der Waals surface area contributed by atoms with Crippen molar-refractivity contribution >= 4 is 5.97 Å². The third-order valence-corrected chi connectivity index (χ3v) is 4.17. The lowest BCUT2D eigenvalue weighted by molar-refractivity contribution is -0.136. The fourth-order valence-corrected chi connectivity index (χ4v) is 2.95. The second-order valence-corrected chi connectivity index (χ2v) is 5.41. The third-order valence-electron chi connectivity index (χ3n) is 4.17. The molecule has 2 unspecified atom stereocenters. The van der Waals surface area contributed by atoms with Crippen LogP contribution in [0.25, 0.3) is 0 Å². The van der Waals surface area contributed by atoms with Gasteiger partial charge in [0, 0.05) is 31.8 Å². The highest BCUT2D eigenvalue weighted by molar-refractivity contribution is 5.90. The summed E-state index contributed by atoms with van der Waals surface area (Å²) in [7, 11) is 3.16. The second kappa shape index (κ2) is 6.27. The van der Waals surface area contributed by atoms with Crippen molar-refractivity contribution in [1.29, 1.82) is 0 Å². The molecule has 0 saturated carbocycles. The van der Waals surface area contributed by atoms with Gasteiger partial charge in [0.15, 0.2) is 0 Å². The molecule has 0 aromatic carbocycles. The SMILES string of the molecule is COCCCCN1C=CC2C(C(=O)OC)=CC=CC21C. The van der Waals surface area contributed by atoms with Gasteiger partial charge in [-0.1, -0.05) is 24.3 Å². The van der Waals surface area contributed by atoms with E-state index in [0.717, 1.165) is 31.6 Å². The molecule has 1 aliphatic heterocycles. The van der Waals surface area contributed by atoms with Crippen molar-refractivity contribution in [1.82, 2.24) is 4.90 Å². The number of fused-ring (bicyclic) bond motifs is 1. The molecule has 0 fully saturated rings. The van der Waals surface area contributed by atoms with E-state index in [0.29, 0.717) is 0 Å². The highest BCUT2D eigenvalue weighted by Gasteiger charge is 2.44. The first-order chi connectivity index (χ1) is 9.63. The van der Waals surface area contributed by atoms with E-state index in [9.17, 15) is 4.79 Å². The fourth-order valence-electron chi connectivity index (χ4n) is 2.95. The smallest absolute Gasteiger partial charge is 0.334 e. The lowest BCUT2D eigenvalue weighted by atomic mass is 9.78. The van der Waals surface area contributed by atoms with E-state index < -0.39 is 0 Å². The fraction of sp³-hybridized carbons (Fsp3) is 0.562. The third kappa shape index (κ3) is 2.66. The van der Waals surface area contributed by atoms with Crippen molar-refractivity contribution < 1.29 is 14.3 Å². The largest absolute Gasteiger partial charge is 0.466 e. The molecule has 2 rings (SSSR count). The number of carbonyl (C=O) groups is 1. The quantitative estimate of drug-likeness (QED) is 0.551. The molecule has 1 aliphatic carbocycles. The van der Waals surface area contributed by atoms with Crippen molar-refractivity contribution in [2.24, 2.45) is 5.92 Å². The standard InChI is InChI=1S/C16H23NO3/c1-16-9-6-7-13(15(18)20-3)14(16)8-11-17(16)10-4-5-12-19-2/h6-9,11,14H,4-5,10,12H2,1-3H3. The van der Waals surface area contributed by atoms with Crippen LogP contribution >= 0.6 is 0 Å². The van der Waals surface area contributed by atoms with Crippen LogP contribution in [0.4, 0.5) is 0 Å². The molecule has 110 valence electrons. The highest BCUT2D eigenvalue weighted by atomic mass is 16.5. The maximum Gasteiger partial charge on any atom is 0.334 e. The molecule has 2 aliphatic rings. The topological polar surface area (TPSA) is 38.8 Å². The zero-order valence-electron chi connectivity index (χ0n) is 12.5. The van der Waals surface area contributed by atoms with Crippen molar-refractivity contribution in [3.63, 3.8) is 0 Å². The summed E-state index contributed by atoms with van der Waals surface area (Å²) < 4.78 is 9.96. The molecule has 0 spiro atoms. The van der Waals surface area contributed by atoms with E-state index in [1.807, 2.05) is 12.2 Å². The van der Waals surface area contributed by atoms with E-state index in [1.54, 1.807) is 7.11 Å². The van der Waals surface area contributed by atoms with Gasteiger partial charge in [-0.25, -0.2) is 4.79 Å². The van der Waals surface area contributed by atoms with Crippen LogP contribution in [0.2, 0.25) is 0 Å². The van der Waals surface area contributed by atoms with Crippen LogP contribution in [-0.4, -0.2) is 43.8 Å². The molecule has 20 heavy (non-hydrogen) atoms. The number of methoxy groups -OCH3 is 2. The molecule has 0 aromatic heterocycles. The van der Waals surface area contributed by atoms with Gasteiger partial charge in [0.2, 0.25) is 0 Å². The second-order valence-electron chi connectivity index (χ2n) is 5.41. The molecule has 0 radical (unpaired) electrons. The molecule has 2 atom stereocenters. The number of unbranched alkanes of at least 4 members (excludes halogenated alkanes) is 1. The van der Waals surface area contributed by atoms with E-state index in [2.05, 4.69) is 30.2 Å². The molecule has 0 bridgehead atoms. The van der Waals surface area contributed by atoms with Crippen LogP contribution in [0, 0.1) is 5.92 Å². The number of ether oxygens (including phenoxy) is 2. The van der Waals surface area contributed by atoms with Gasteiger partial charge in [-0.3, -0.25) is 0 Å². The maximum absolute atomic E-state index is 11.9. The number of rotatable bonds is 6. The van der Waals surface area contributed by atoms with Gasteiger partial charge in [-0.2, -0.15) is 0 Å². The Morgan fingerprint density at radius 2 is 2.20 bits per heavy atom. The van der Waals surface area contributed by atoms with E-state index >= 15 is 0 Å². The average molecular weight is 277 g/mol. The van der Waals surface area contributed by atoms with Crippen LogP contribution < -0.4 is 0 Å². The molecular formula is C16H23NO3. The molecule has 0 N–H and O–H groups in total. The summed E-state index contributed by atoms with van der Waals surface area (Å²) in [5, 5.41) is 0. The number of hydrogen-bond acceptors (Lipinski definition) is 4. The normalized spacial score (nSPS) is 27.4. The molecule has 1 heterocycles. The van der Waals surface area contributed by atoms with Crippen molar-refractivity contribution in [3.8, 4) is 0 Å². The number of nitrogens with zero attached hydrogens (tertiary/aromatic N) is 1. The summed E-state index contributed by atoms with van der Waals surface area (Å²) >= 11 is 0. The Morgan fingerprint density at radius 3 is 2.90 bits per heavy atom. The first-order valence-corrected chi connectivity index (χ1v) is 7.05. The summed E-state index contributed by atoms with van der Waals surface area (Å²) in [6.45, 7) is 3.92. The minimum Gasteiger partial charge on any atom is -0.466 e. The van der Waals surface area contributed by atoms with Gasteiger partial charge in [-0.15, -0.1) is 0 Å². The Balaban J connectivity index is 2.05. The summed E-state index contributed by atoms with van der Waals surface area (Å²) in [6.07, 6.45) is 12.3. The van der Waals surface area contributed by atoms with Crippen LogP contribution in [0.3, 0.4) is 0 Å². The predicted octanol–water partition coefficient (Wildman–Crippen LogP) is 2.29. The Kier molecular flexibility index (Phi) is 4.65. The Morgan fingerprint density at radius 1 is 1.40 bits per heavy atom. The van der Waals surface area contributed by atoms with Gasteiger partial charge >= 0.3 is 5.97 Å². The average Bonchev–Trinajstić information content (AvgIpc) is 2.79. The lowest BCUT2D eigenvalue weighted by Gasteiger charge is -2.40. The monoisotopic (exact) mass is 277 g/mol. The Hall–Kier alpha value is -1.55. The van der Waals surface area contributed by atoms with Crippen molar-refractivity contribution in [3.05, 3.63) is 36.1 Å². The van der Waals surface area contributed by atoms with Gasteiger partial charge in [-0.05, 0) is 26.0 Å². The van der Waals surface area contributed by atoms with Crippen LogP contribution in [0.1, 0.15) is 19.8 Å². The van der Waals surface area contributed by atoms with E-state index in [4.69, 9.17) is 9.47 Å². The number of esters is 1. The zero-order chi connectivity index (χ0) is 14.6. The lowest BCUT2D eigenvalue weighted by Crippen LogP contribution is -2.46. The van der Waals surface area contributed by atoms with Crippen molar-refractivity contribution in [2.75, 3.05) is 27.4 Å². The van der Waals surface area contributed by atoms with Gasteiger partial charge in [0.1, 0.15) is 0 Å². The summed E-state index contributed by atoms with van der Waals surface area (Å²) in [4.78, 5) is 14.2. The minimum atomic E-state index is -0.239. The van der Waals surface area contributed by atoms with Crippen LogP contribution in [-0.2, 0) is 14.3 Å². The number of carbonyl (C=O) groups excluding carboxylic acids is 1. The first kappa shape index (κ1) is 14.9. The summed E-state index contributed by atoms with van der Waals surface area (Å²) in [6, 6.07) is 0. The van der Waals surface area contributed by atoms with E-state index in [1.165, 1.54) is 7.11 Å². The molecular weight excluding hydrogens is 254 g/mol. The van der Waals surface area contributed by atoms with Crippen LogP contribution in [0.5, 0.6) is 0 Å². The van der Waals surface area contributed by atoms with Crippen LogP contribution in [0.15, 0.2) is 36.1 Å². The molecule has 4 heteroatoms. The maximum atomic E-state index is 11.9. The van der Waals surface area contributed by atoms with Gasteiger partial charge in [0.25, 0.3) is 0 Å². The van der Waals surface area contributed by atoms with Gasteiger partial charge < -0.3 is 14.4 Å². The predicted molar refractivity (Wildman–Crippen MR) is 78.1 cm³/mol. The first-order valence-electron chi connectivity index (χ1n) is 7.05. The molecule has 0 amide bonds. The Labute approximate surface area is 120 Å². The highest BCUT2D eigenvalue weighted by Crippen LogP contribution is 2.41. The summed E-state index contributed by atoms with van der Waals surface area (Å²) in [5.74, 6) is -0.168. The van der Waals surface area contributed by atoms with Crippen molar-refractivity contribution in [2.45, 2.75) is 25.3 Å². The molecule has 0 aromatic rings. The van der Waals surface area contributed by atoms with Gasteiger partial charge in [0.05, 0.1) is 12.6 Å². The zero-order valence-corrected chi connectivity index (χ0v) is 12.5. The number of hydrogen-bond donors (Lipinski definition) is 0. The molecule has 4 nitrogen and oxygen atoms in total. The molecule has 0 saturated heterocycles. The summed E-state index contributed by atoms with van der Waals surface area (Å²) in [5.41, 5.74) is 0.568. The van der Waals surface area contributed by atoms with E-state index in [-0.39, 0.29) is 17.4 Å². The Bertz CT molecular complexity index is 453. The minimum absolute atomic E-state index is 0.0716.